The highest BCUT2D eigenvalue weighted by atomic mass is 127. The zero-order valence-electron chi connectivity index (χ0n) is 12.2. The van der Waals surface area contributed by atoms with Gasteiger partial charge in [-0.05, 0) is 65.6 Å². The SMILES string of the molecule is CCCCC/C(=C(/I)c1ccc(C(F)(F)F)cc1)C(C)O. The van der Waals surface area contributed by atoms with Crippen molar-refractivity contribution >= 4 is 26.2 Å². The topological polar surface area (TPSA) is 20.2 Å². The molecule has 0 spiro atoms. The van der Waals surface area contributed by atoms with Crippen LogP contribution < -0.4 is 0 Å². The Hall–Kier alpha value is -0.560. The van der Waals surface area contributed by atoms with Crippen LogP contribution in [-0.2, 0) is 6.18 Å². The average Bonchev–Trinajstić information content (AvgIpc) is 2.42. The van der Waals surface area contributed by atoms with Crippen molar-refractivity contribution in [3.63, 3.8) is 0 Å². The second-order valence-electron chi connectivity index (χ2n) is 5.05. The van der Waals surface area contributed by atoms with Gasteiger partial charge in [0, 0.05) is 3.58 Å². The quantitative estimate of drug-likeness (QED) is 0.462. The number of hydrogen-bond donors (Lipinski definition) is 1. The van der Waals surface area contributed by atoms with Crippen LogP contribution in [0.15, 0.2) is 29.8 Å². The second-order valence-corrected chi connectivity index (χ2v) is 6.13. The van der Waals surface area contributed by atoms with Crippen molar-refractivity contribution in [3.8, 4) is 0 Å². The third kappa shape index (κ3) is 5.62. The Morgan fingerprint density at radius 1 is 1.19 bits per heavy atom. The molecule has 0 bridgehead atoms. The molecule has 1 N–H and O–H groups in total. The highest BCUT2D eigenvalue weighted by Crippen LogP contribution is 2.34. The minimum Gasteiger partial charge on any atom is -0.389 e. The Morgan fingerprint density at radius 3 is 2.19 bits per heavy atom. The first-order valence-electron chi connectivity index (χ1n) is 7.01. The van der Waals surface area contributed by atoms with Crippen LogP contribution in [-0.4, -0.2) is 11.2 Å². The molecule has 118 valence electrons. The van der Waals surface area contributed by atoms with Crippen LogP contribution in [0.1, 0.15) is 50.7 Å². The molecule has 0 aliphatic carbocycles. The highest BCUT2D eigenvalue weighted by molar-refractivity contribution is 14.1. The van der Waals surface area contributed by atoms with Crippen LogP contribution in [0.2, 0.25) is 0 Å². The highest BCUT2D eigenvalue weighted by Gasteiger charge is 2.30. The molecule has 1 aromatic carbocycles. The maximum atomic E-state index is 12.6. The van der Waals surface area contributed by atoms with Crippen LogP contribution in [0.5, 0.6) is 0 Å². The van der Waals surface area contributed by atoms with E-state index >= 15 is 0 Å². The largest absolute Gasteiger partial charge is 0.416 e. The molecule has 0 saturated heterocycles. The summed E-state index contributed by atoms with van der Waals surface area (Å²) in [5.74, 6) is 0. The summed E-state index contributed by atoms with van der Waals surface area (Å²) < 4.78 is 38.5. The van der Waals surface area contributed by atoms with Gasteiger partial charge in [-0.15, -0.1) is 0 Å². The first kappa shape index (κ1) is 18.5. The predicted molar refractivity (Wildman–Crippen MR) is 88.2 cm³/mol. The number of halogens is 4. The van der Waals surface area contributed by atoms with E-state index in [2.05, 4.69) is 29.5 Å². The fourth-order valence-corrected chi connectivity index (χ4v) is 3.14. The van der Waals surface area contributed by atoms with Crippen molar-refractivity contribution in [2.24, 2.45) is 0 Å². The van der Waals surface area contributed by atoms with E-state index in [0.29, 0.717) is 0 Å². The van der Waals surface area contributed by atoms with E-state index in [9.17, 15) is 18.3 Å². The summed E-state index contributed by atoms with van der Waals surface area (Å²) in [7, 11) is 0. The molecule has 0 aliphatic rings. The number of rotatable bonds is 6. The average molecular weight is 412 g/mol. The normalized spacial score (nSPS) is 14.8. The third-order valence-corrected chi connectivity index (χ3v) is 4.62. The lowest BCUT2D eigenvalue weighted by Crippen LogP contribution is -2.07. The van der Waals surface area contributed by atoms with E-state index in [0.717, 1.165) is 52.5 Å². The maximum Gasteiger partial charge on any atom is 0.416 e. The van der Waals surface area contributed by atoms with Crippen LogP contribution in [0, 0.1) is 0 Å². The van der Waals surface area contributed by atoms with Gasteiger partial charge in [0.1, 0.15) is 0 Å². The van der Waals surface area contributed by atoms with E-state index < -0.39 is 17.8 Å². The molecule has 1 rings (SSSR count). The van der Waals surface area contributed by atoms with E-state index in [1.807, 2.05) is 0 Å². The van der Waals surface area contributed by atoms with Crippen molar-refractivity contribution in [3.05, 3.63) is 41.0 Å². The lowest BCUT2D eigenvalue weighted by molar-refractivity contribution is -0.137. The number of aliphatic hydroxyl groups is 1. The van der Waals surface area contributed by atoms with E-state index in [-0.39, 0.29) is 0 Å². The molecule has 0 fully saturated rings. The molecule has 0 heterocycles. The number of unbranched alkanes of at least 4 members (excludes halogenated alkanes) is 2. The summed E-state index contributed by atoms with van der Waals surface area (Å²) in [6.45, 7) is 3.80. The molecule has 0 aliphatic heterocycles. The lowest BCUT2D eigenvalue weighted by atomic mass is 10.00. The Balaban J connectivity index is 3.01. The molecule has 1 aromatic rings. The van der Waals surface area contributed by atoms with Crippen LogP contribution in [0.25, 0.3) is 3.58 Å². The number of aliphatic hydroxyl groups excluding tert-OH is 1. The van der Waals surface area contributed by atoms with Crippen molar-refractivity contribution < 1.29 is 18.3 Å². The van der Waals surface area contributed by atoms with Gasteiger partial charge in [0.05, 0.1) is 11.7 Å². The van der Waals surface area contributed by atoms with Gasteiger partial charge in [-0.1, -0.05) is 31.9 Å². The molecular formula is C16H20F3IO. The molecule has 21 heavy (non-hydrogen) atoms. The maximum absolute atomic E-state index is 12.6. The van der Waals surface area contributed by atoms with Gasteiger partial charge in [-0.3, -0.25) is 0 Å². The van der Waals surface area contributed by atoms with Gasteiger partial charge in [0.25, 0.3) is 0 Å². The zero-order valence-corrected chi connectivity index (χ0v) is 14.3. The Bertz CT molecular complexity index is 475. The van der Waals surface area contributed by atoms with Crippen molar-refractivity contribution in [2.45, 2.75) is 51.8 Å². The summed E-state index contributed by atoms with van der Waals surface area (Å²) in [5, 5.41) is 9.88. The molecule has 1 nitrogen and oxygen atoms in total. The summed E-state index contributed by atoms with van der Waals surface area (Å²) >= 11 is 2.11. The second kappa shape index (κ2) is 8.17. The number of hydrogen-bond acceptors (Lipinski definition) is 1. The molecule has 0 radical (unpaired) electrons. The molecule has 5 heteroatoms. The third-order valence-electron chi connectivity index (χ3n) is 3.30. The molecule has 1 unspecified atom stereocenters. The van der Waals surface area contributed by atoms with Gasteiger partial charge >= 0.3 is 6.18 Å². The summed E-state index contributed by atoms with van der Waals surface area (Å²) in [6.07, 6.45) is -0.996. The van der Waals surface area contributed by atoms with Crippen LogP contribution in [0.4, 0.5) is 13.2 Å². The smallest absolute Gasteiger partial charge is 0.389 e. The number of alkyl halides is 3. The molecular weight excluding hydrogens is 392 g/mol. The Kier molecular flexibility index (Phi) is 7.20. The predicted octanol–water partition coefficient (Wildman–Crippen LogP) is 5.81. The van der Waals surface area contributed by atoms with Gasteiger partial charge in [0.15, 0.2) is 0 Å². The Morgan fingerprint density at radius 2 is 1.76 bits per heavy atom. The van der Waals surface area contributed by atoms with Gasteiger partial charge in [0.2, 0.25) is 0 Å². The minimum atomic E-state index is -4.32. The summed E-state index contributed by atoms with van der Waals surface area (Å²) in [5.41, 5.74) is 0.958. The molecule has 0 amide bonds. The van der Waals surface area contributed by atoms with Crippen molar-refractivity contribution in [1.29, 1.82) is 0 Å². The van der Waals surface area contributed by atoms with E-state index in [1.54, 1.807) is 6.92 Å². The van der Waals surface area contributed by atoms with E-state index in [4.69, 9.17) is 0 Å². The molecule has 0 aromatic heterocycles. The van der Waals surface area contributed by atoms with Crippen molar-refractivity contribution in [1.82, 2.24) is 0 Å². The minimum absolute atomic E-state index is 0.587. The molecule has 0 saturated carbocycles. The fraction of sp³-hybridized carbons (Fsp3) is 0.500. The van der Waals surface area contributed by atoms with Crippen molar-refractivity contribution in [2.75, 3.05) is 0 Å². The van der Waals surface area contributed by atoms with Gasteiger partial charge in [-0.25, -0.2) is 0 Å². The van der Waals surface area contributed by atoms with Crippen LogP contribution in [0.3, 0.4) is 0 Å². The van der Waals surface area contributed by atoms with E-state index in [1.165, 1.54) is 12.1 Å². The first-order valence-corrected chi connectivity index (χ1v) is 8.09. The Labute approximate surface area is 137 Å². The standard InChI is InChI=1S/C16H20F3IO/c1-3-4-5-6-14(11(2)21)15(20)12-7-9-13(10-8-12)16(17,18)19/h7-11,21H,3-6H2,1-2H3/b15-14-. The monoisotopic (exact) mass is 412 g/mol. The fourth-order valence-electron chi connectivity index (χ4n) is 2.06. The lowest BCUT2D eigenvalue weighted by Gasteiger charge is -2.15. The van der Waals surface area contributed by atoms with Gasteiger partial charge in [-0.2, -0.15) is 13.2 Å². The van der Waals surface area contributed by atoms with Crippen LogP contribution >= 0.6 is 22.6 Å². The first-order chi connectivity index (χ1) is 9.77. The van der Waals surface area contributed by atoms with Gasteiger partial charge < -0.3 is 5.11 Å². The zero-order chi connectivity index (χ0) is 16.0. The summed E-state index contributed by atoms with van der Waals surface area (Å²) in [4.78, 5) is 0. The molecule has 1 atom stereocenters. The summed E-state index contributed by atoms with van der Waals surface area (Å²) in [6, 6.07) is 5.10. The number of benzene rings is 1.